The summed E-state index contributed by atoms with van der Waals surface area (Å²) in [6, 6.07) is 17.5. The van der Waals surface area contributed by atoms with Crippen molar-refractivity contribution in [2.75, 3.05) is 11.9 Å². The van der Waals surface area contributed by atoms with Gasteiger partial charge in [0.15, 0.2) is 6.61 Å². The smallest absolute Gasteiger partial charge is 0.294 e. The van der Waals surface area contributed by atoms with Gasteiger partial charge in [-0.25, -0.2) is 14.1 Å². The molecule has 35 heavy (non-hydrogen) atoms. The molecular formula is C24H16FN5O4S. The number of nitrogens with zero attached hydrogens (tertiary/aromatic N) is 4. The van der Waals surface area contributed by atoms with Crippen molar-refractivity contribution in [3.05, 3.63) is 98.4 Å². The van der Waals surface area contributed by atoms with E-state index in [0.29, 0.717) is 27.5 Å². The molecule has 1 aromatic heterocycles. The lowest BCUT2D eigenvalue weighted by atomic mass is 10.1. The van der Waals surface area contributed by atoms with Crippen molar-refractivity contribution in [1.82, 2.24) is 4.68 Å². The van der Waals surface area contributed by atoms with Gasteiger partial charge in [-0.3, -0.25) is 14.9 Å². The van der Waals surface area contributed by atoms with E-state index < -0.39 is 10.7 Å². The van der Waals surface area contributed by atoms with Gasteiger partial charge in [-0.05, 0) is 30.3 Å². The molecule has 0 saturated heterocycles. The molecule has 0 aliphatic carbocycles. The highest BCUT2D eigenvalue weighted by atomic mass is 32.1. The van der Waals surface area contributed by atoms with E-state index in [1.165, 1.54) is 40.4 Å². The van der Waals surface area contributed by atoms with Gasteiger partial charge in [-0.1, -0.05) is 30.3 Å². The zero-order valence-electron chi connectivity index (χ0n) is 17.9. The number of amides is 1. The number of nitro groups is 1. The number of fused-ring (bicyclic) bond motifs is 1. The lowest BCUT2D eigenvalue weighted by Gasteiger charge is -2.18. The molecule has 0 saturated carbocycles. The summed E-state index contributed by atoms with van der Waals surface area (Å²) in [6.45, 7) is -0.0589. The molecule has 0 spiro atoms. The third-order valence-electron chi connectivity index (χ3n) is 5.11. The number of benzene rings is 3. The van der Waals surface area contributed by atoms with Crippen molar-refractivity contribution in [2.24, 2.45) is 10.1 Å². The highest BCUT2D eigenvalue weighted by molar-refractivity contribution is 7.07. The van der Waals surface area contributed by atoms with Crippen LogP contribution in [0.2, 0.25) is 0 Å². The standard InChI is InChI=1S/C24H16FN5O4S/c25-17-6-2-1-5-16(17)12-26-29-21(15-9-10-22-19(11-15)27-23(31)13-34-22)14-35-24(29)28-18-7-3-4-8-20(18)30(32)33/h1-12,14H,13H2,(H,27,31). The minimum Gasteiger partial charge on any atom is -0.482 e. The number of hydrogen-bond acceptors (Lipinski definition) is 7. The van der Waals surface area contributed by atoms with E-state index in [9.17, 15) is 19.3 Å². The number of nitro benzene ring substituents is 1. The largest absolute Gasteiger partial charge is 0.482 e. The van der Waals surface area contributed by atoms with Crippen molar-refractivity contribution in [3.8, 4) is 17.0 Å². The highest BCUT2D eigenvalue weighted by Gasteiger charge is 2.18. The molecule has 0 atom stereocenters. The average molecular weight is 489 g/mol. The quantitative estimate of drug-likeness (QED) is 0.249. The van der Waals surface area contributed by atoms with Gasteiger partial charge in [0.25, 0.3) is 11.6 Å². The Morgan fingerprint density at radius 2 is 1.94 bits per heavy atom. The topological polar surface area (TPSA) is 111 Å². The molecule has 5 rings (SSSR count). The van der Waals surface area contributed by atoms with Crippen molar-refractivity contribution in [2.45, 2.75) is 0 Å². The summed E-state index contributed by atoms with van der Waals surface area (Å²) in [6.07, 6.45) is 1.35. The van der Waals surface area contributed by atoms with E-state index in [1.54, 1.807) is 53.9 Å². The second kappa shape index (κ2) is 9.31. The fourth-order valence-electron chi connectivity index (χ4n) is 3.45. The first-order valence-corrected chi connectivity index (χ1v) is 11.2. The summed E-state index contributed by atoms with van der Waals surface area (Å²) in [7, 11) is 0. The first kappa shape index (κ1) is 22.2. The van der Waals surface area contributed by atoms with Crippen LogP contribution in [0.25, 0.3) is 11.3 Å². The van der Waals surface area contributed by atoms with Crippen LogP contribution in [0.4, 0.5) is 21.5 Å². The molecule has 3 aromatic carbocycles. The molecular weight excluding hydrogens is 473 g/mol. The highest BCUT2D eigenvalue weighted by Crippen LogP contribution is 2.33. The summed E-state index contributed by atoms with van der Waals surface area (Å²) in [5.41, 5.74) is 2.04. The molecule has 0 radical (unpaired) electrons. The number of rotatable bonds is 5. The molecule has 1 amide bonds. The number of carbonyl (C=O) groups excluding carboxylic acids is 1. The van der Waals surface area contributed by atoms with Crippen LogP contribution < -0.4 is 14.9 Å². The summed E-state index contributed by atoms with van der Waals surface area (Å²) in [5.74, 6) is -0.174. The van der Waals surface area contributed by atoms with Crippen LogP contribution in [0.1, 0.15) is 5.56 Å². The van der Waals surface area contributed by atoms with Crippen LogP contribution in [-0.4, -0.2) is 28.3 Å². The van der Waals surface area contributed by atoms with E-state index in [0.717, 1.165) is 0 Å². The first-order valence-electron chi connectivity index (χ1n) is 10.3. The molecule has 1 aliphatic heterocycles. The minimum absolute atomic E-state index is 0.0589. The Bertz CT molecular complexity index is 1560. The molecule has 4 aromatic rings. The van der Waals surface area contributed by atoms with Crippen LogP contribution in [0.3, 0.4) is 0 Å². The lowest BCUT2D eigenvalue weighted by molar-refractivity contribution is -0.384. The van der Waals surface area contributed by atoms with Gasteiger partial charge in [-0.2, -0.15) is 5.10 Å². The van der Waals surface area contributed by atoms with Gasteiger partial charge < -0.3 is 10.1 Å². The molecule has 2 heterocycles. The van der Waals surface area contributed by atoms with Crippen molar-refractivity contribution in [3.63, 3.8) is 0 Å². The van der Waals surface area contributed by atoms with Gasteiger partial charge in [0.2, 0.25) is 4.80 Å². The number of nitrogens with one attached hydrogen (secondary N) is 1. The fraction of sp³-hybridized carbons (Fsp3) is 0.0417. The number of ether oxygens (including phenoxy) is 1. The van der Waals surface area contributed by atoms with Crippen molar-refractivity contribution in [1.29, 1.82) is 0 Å². The predicted octanol–water partition coefficient (Wildman–Crippen LogP) is 4.71. The first-order chi connectivity index (χ1) is 17.0. The third kappa shape index (κ3) is 4.57. The van der Waals surface area contributed by atoms with Gasteiger partial charge >= 0.3 is 0 Å². The van der Waals surface area contributed by atoms with Crippen molar-refractivity contribution < 1.29 is 18.8 Å². The third-order valence-corrected chi connectivity index (χ3v) is 5.92. The van der Waals surface area contributed by atoms with Gasteiger partial charge in [-0.15, -0.1) is 11.3 Å². The second-order valence-corrected chi connectivity index (χ2v) is 8.22. The molecule has 1 N–H and O–H groups in total. The number of thiazole rings is 1. The summed E-state index contributed by atoms with van der Waals surface area (Å²) in [4.78, 5) is 27.5. The van der Waals surface area contributed by atoms with E-state index in [-0.39, 0.29) is 29.5 Å². The Balaban J connectivity index is 1.67. The number of aromatic nitrogens is 1. The molecule has 0 unspecified atom stereocenters. The number of halogens is 1. The Kier molecular flexibility index (Phi) is 5.90. The lowest BCUT2D eigenvalue weighted by Crippen LogP contribution is -2.25. The average Bonchev–Trinajstić information content (AvgIpc) is 3.25. The summed E-state index contributed by atoms with van der Waals surface area (Å²) in [5, 5.41) is 20.5. The summed E-state index contributed by atoms with van der Waals surface area (Å²) < 4.78 is 21.1. The maximum atomic E-state index is 14.2. The van der Waals surface area contributed by atoms with Crippen LogP contribution in [0, 0.1) is 15.9 Å². The number of carbonyl (C=O) groups is 1. The molecule has 1 aliphatic rings. The molecule has 0 fully saturated rings. The van der Waals surface area contributed by atoms with Crippen LogP contribution in [0.15, 0.2) is 82.2 Å². The monoisotopic (exact) mass is 489 g/mol. The SMILES string of the molecule is O=C1COc2ccc(-c3csc(=Nc4ccccc4[N+](=O)[O-])n3N=Cc3ccccc3F)cc2N1. The molecule has 0 bridgehead atoms. The zero-order valence-corrected chi connectivity index (χ0v) is 18.7. The van der Waals surface area contributed by atoms with E-state index in [4.69, 9.17) is 4.74 Å². The fourth-order valence-corrected chi connectivity index (χ4v) is 4.29. The Labute approximate surface area is 201 Å². The van der Waals surface area contributed by atoms with E-state index in [2.05, 4.69) is 15.4 Å². The summed E-state index contributed by atoms with van der Waals surface area (Å²) >= 11 is 1.21. The number of para-hydroxylation sites is 2. The Hall–Kier alpha value is -4.64. The molecule has 174 valence electrons. The van der Waals surface area contributed by atoms with Crippen LogP contribution in [-0.2, 0) is 4.79 Å². The number of hydrogen-bond donors (Lipinski definition) is 1. The Morgan fingerprint density at radius 3 is 2.77 bits per heavy atom. The van der Waals surface area contributed by atoms with Gasteiger partial charge in [0, 0.05) is 22.6 Å². The van der Waals surface area contributed by atoms with E-state index >= 15 is 0 Å². The normalized spacial score (nSPS) is 13.4. The maximum absolute atomic E-state index is 14.2. The maximum Gasteiger partial charge on any atom is 0.294 e. The second-order valence-electron chi connectivity index (χ2n) is 7.39. The molecule has 9 nitrogen and oxygen atoms in total. The molecule has 11 heteroatoms. The van der Waals surface area contributed by atoms with E-state index in [1.807, 2.05) is 0 Å². The predicted molar refractivity (Wildman–Crippen MR) is 130 cm³/mol. The van der Waals surface area contributed by atoms with Gasteiger partial charge in [0.1, 0.15) is 17.3 Å². The Morgan fingerprint density at radius 1 is 1.14 bits per heavy atom. The van der Waals surface area contributed by atoms with Gasteiger partial charge in [0.05, 0.1) is 22.5 Å². The zero-order chi connectivity index (χ0) is 24.4. The van der Waals surface area contributed by atoms with Crippen molar-refractivity contribution >= 4 is 40.5 Å². The van der Waals surface area contributed by atoms with Crippen LogP contribution >= 0.6 is 11.3 Å². The number of anilines is 1. The minimum atomic E-state index is -0.507. The van der Waals surface area contributed by atoms with Crippen LogP contribution in [0.5, 0.6) is 5.75 Å².